The zero-order chi connectivity index (χ0) is 21.8. The van der Waals surface area contributed by atoms with Crippen LogP contribution in [0.1, 0.15) is 25.8 Å². The maximum absolute atomic E-state index is 13.0. The van der Waals surface area contributed by atoms with E-state index >= 15 is 0 Å². The van der Waals surface area contributed by atoms with Crippen LogP contribution in [-0.4, -0.2) is 43.7 Å². The topological polar surface area (TPSA) is 113 Å². The van der Waals surface area contributed by atoms with Crippen LogP contribution < -0.4 is 15.0 Å². The number of ether oxygens (including phenoxy) is 1. The molecule has 30 heavy (non-hydrogen) atoms. The molecule has 2 N–H and O–H groups in total. The Balaban J connectivity index is 1.84. The molecular formula is C18H18F2N6O3S. The molecule has 3 aromatic rings. The van der Waals surface area contributed by atoms with Crippen LogP contribution in [0, 0.1) is 0 Å². The van der Waals surface area contributed by atoms with Gasteiger partial charge < -0.3 is 15.2 Å². The van der Waals surface area contributed by atoms with E-state index in [1.54, 1.807) is 18.3 Å². The lowest BCUT2D eigenvalue weighted by atomic mass is 10.2. The van der Waals surface area contributed by atoms with E-state index in [-0.39, 0.29) is 17.6 Å². The van der Waals surface area contributed by atoms with Gasteiger partial charge in [0, 0.05) is 30.3 Å². The summed E-state index contributed by atoms with van der Waals surface area (Å²) in [5, 5.41) is 12.4. The first-order chi connectivity index (χ1) is 14.2. The Labute approximate surface area is 174 Å². The molecule has 158 valence electrons. The lowest BCUT2D eigenvalue weighted by Gasteiger charge is -2.17. The summed E-state index contributed by atoms with van der Waals surface area (Å²) in [5.74, 6) is 1.02. The minimum Gasteiger partial charge on any atom is -0.489 e. The van der Waals surface area contributed by atoms with Crippen molar-refractivity contribution in [3.63, 3.8) is 0 Å². The summed E-state index contributed by atoms with van der Waals surface area (Å²) >= 11 is 0.996. The van der Waals surface area contributed by atoms with Crippen LogP contribution in [-0.2, 0) is 0 Å². The summed E-state index contributed by atoms with van der Waals surface area (Å²) in [6.07, 6.45) is -1.55. The molecule has 0 unspecified atom stereocenters. The van der Waals surface area contributed by atoms with Crippen molar-refractivity contribution in [1.82, 2.24) is 19.3 Å². The fourth-order valence-corrected chi connectivity index (χ4v) is 2.95. The number of amides is 1. The Morgan fingerprint density at radius 2 is 2.03 bits per heavy atom. The minimum absolute atomic E-state index is 0.0212. The monoisotopic (exact) mass is 436 g/mol. The summed E-state index contributed by atoms with van der Waals surface area (Å²) in [6.45, 7) is 3.82. The smallest absolute Gasteiger partial charge is 0.411 e. The molecule has 1 amide bonds. The maximum atomic E-state index is 13.0. The molecule has 0 radical (unpaired) electrons. The van der Waals surface area contributed by atoms with E-state index in [2.05, 4.69) is 24.6 Å². The van der Waals surface area contributed by atoms with E-state index in [9.17, 15) is 18.7 Å². The van der Waals surface area contributed by atoms with Gasteiger partial charge >= 0.3 is 6.09 Å². The van der Waals surface area contributed by atoms with Crippen molar-refractivity contribution in [2.75, 3.05) is 17.3 Å². The first kappa shape index (κ1) is 21.3. The molecule has 12 heteroatoms. The lowest BCUT2D eigenvalue weighted by Crippen LogP contribution is -2.25. The SMILES string of the molecule is CC(C)Oc1ccc(-c2nsc(Nc3ncc(C(F)F)cc3N(C)C(=O)O)n2)nc1. The predicted molar refractivity (Wildman–Crippen MR) is 108 cm³/mol. The Kier molecular flexibility index (Phi) is 6.35. The van der Waals surface area contributed by atoms with E-state index < -0.39 is 18.1 Å². The Bertz CT molecular complexity index is 1030. The number of rotatable bonds is 7. The van der Waals surface area contributed by atoms with Crippen molar-refractivity contribution in [3.05, 3.63) is 36.2 Å². The molecule has 0 spiro atoms. The summed E-state index contributed by atoms with van der Waals surface area (Å²) in [6, 6.07) is 4.52. The highest BCUT2D eigenvalue weighted by molar-refractivity contribution is 7.09. The van der Waals surface area contributed by atoms with Gasteiger partial charge in [0.05, 0.1) is 18.0 Å². The van der Waals surface area contributed by atoms with Gasteiger partial charge in [0.1, 0.15) is 11.4 Å². The molecule has 0 aliphatic heterocycles. The quantitative estimate of drug-likeness (QED) is 0.553. The first-order valence-electron chi connectivity index (χ1n) is 8.73. The van der Waals surface area contributed by atoms with Crippen molar-refractivity contribution in [2.24, 2.45) is 0 Å². The van der Waals surface area contributed by atoms with Crippen LogP contribution in [0.25, 0.3) is 11.5 Å². The number of pyridine rings is 2. The molecule has 0 aliphatic carbocycles. The molecule has 3 rings (SSSR count). The Hall–Kier alpha value is -3.41. The molecule has 0 fully saturated rings. The minimum atomic E-state index is -2.78. The highest BCUT2D eigenvalue weighted by Crippen LogP contribution is 2.32. The van der Waals surface area contributed by atoms with Crippen molar-refractivity contribution < 1.29 is 23.4 Å². The van der Waals surface area contributed by atoms with Gasteiger partial charge in [-0.3, -0.25) is 4.90 Å². The fraction of sp³-hybridized carbons (Fsp3) is 0.278. The molecule has 0 aromatic carbocycles. The van der Waals surface area contributed by atoms with Crippen molar-refractivity contribution in [1.29, 1.82) is 0 Å². The van der Waals surface area contributed by atoms with Gasteiger partial charge in [0.2, 0.25) is 5.13 Å². The average Bonchev–Trinajstić information content (AvgIpc) is 3.16. The molecule has 0 saturated heterocycles. The molecule has 0 atom stereocenters. The van der Waals surface area contributed by atoms with Gasteiger partial charge in [-0.05, 0) is 32.0 Å². The second-order valence-corrected chi connectivity index (χ2v) is 7.12. The standard InChI is InChI=1S/C18H18F2N6O3S/c1-9(2)29-11-4-5-12(21-8-11)15-23-17(30-25-15)24-16-13(26(3)18(27)28)6-10(7-22-16)14(19)20/h4-9,14H,1-3H3,(H,27,28)(H,22,23,24,25). The third-order valence-corrected chi connectivity index (χ3v) is 4.41. The van der Waals surface area contributed by atoms with Gasteiger partial charge in [-0.25, -0.2) is 23.5 Å². The number of alkyl halides is 2. The van der Waals surface area contributed by atoms with Crippen LogP contribution in [0.2, 0.25) is 0 Å². The fourth-order valence-electron chi connectivity index (χ4n) is 2.38. The Morgan fingerprint density at radius 1 is 1.27 bits per heavy atom. The largest absolute Gasteiger partial charge is 0.489 e. The normalized spacial score (nSPS) is 11.0. The maximum Gasteiger partial charge on any atom is 0.411 e. The van der Waals surface area contributed by atoms with Crippen LogP contribution in [0.4, 0.5) is 30.2 Å². The van der Waals surface area contributed by atoms with Gasteiger partial charge in [0.25, 0.3) is 6.43 Å². The number of hydrogen-bond donors (Lipinski definition) is 2. The van der Waals surface area contributed by atoms with Crippen molar-refractivity contribution in [3.8, 4) is 17.3 Å². The third-order valence-electron chi connectivity index (χ3n) is 3.78. The molecule has 0 aliphatic rings. The van der Waals surface area contributed by atoms with E-state index in [0.717, 1.165) is 28.7 Å². The van der Waals surface area contributed by atoms with E-state index in [1.807, 2.05) is 13.8 Å². The Morgan fingerprint density at radius 3 is 2.63 bits per heavy atom. The summed E-state index contributed by atoms with van der Waals surface area (Å²) < 4.78 is 35.8. The predicted octanol–water partition coefficient (Wildman–Crippen LogP) is 4.58. The summed E-state index contributed by atoms with van der Waals surface area (Å²) in [4.78, 5) is 24.6. The van der Waals surface area contributed by atoms with E-state index in [0.29, 0.717) is 22.4 Å². The first-order valence-corrected chi connectivity index (χ1v) is 9.50. The zero-order valence-corrected chi connectivity index (χ0v) is 17.0. The van der Waals surface area contributed by atoms with Gasteiger partial charge in [-0.1, -0.05) is 0 Å². The van der Waals surface area contributed by atoms with Crippen LogP contribution in [0.15, 0.2) is 30.6 Å². The lowest BCUT2D eigenvalue weighted by molar-refractivity contribution is 0.151. The molecular weight excluding hydrogens is 418 g/mol. The average molecular weight is 436 g/mol. The van der Waals surface area contributed by atoms with Crippen molar-refractivity contribution in [2.45, 2.75) is 26.4 Å². The molecule has 0 saturated carbocycles. The number of carbonyl (C=O) groups is 1. The molecule has 0 bridgehead atoms. The number of nitrogens with zero attached hydrogens (tertiary/aromatic N) is 5. The van der Waals surface area contributed by atoms with Crippen LogP contribution >= 0.6 is 11.5 Å². The molecule has 3 heterocycles. The second-order valence-electron chi connectivity index (χ2n) is 6.37. The van der Waals surface area contributed by atoms with Crippen LogP contribution in [0.3, 0.4) is 0 Å². The highest BCUT2D eigenvalue weighted by Gasteiger charge is 2.20. The number of halogens is 2. The molecule has 3 aromatic heterocycles. The molecule has 9 nitrogen and oxygen atoms in total. The highest BCUT2D eigenvalue weighted by atomic mass is 32.1. The summed E-state index contributed by atoms with van der Waals surface area (Å²) in [5.41, 5.74) is 0.0826. The zero-order valence-electron chi connectivity index (χ0n) is 16.2. The van der Waals surface area contributed by atoms with Gasteiger partial charge in [-0.15, -0.1) is 0 Å². The van der Waals surface area contributed by atoms with Crippen LogP contribution in [0.5, 0.6) is 5.75 Å². The second kappa shape index (κ2) is 8.95. The number of hydrogen-bond acceptors (Lipinski definition) is 8. The van der Waals surface area contributed by atoms with Gasteiger partial charge in [-0.2, -0.15) is 9.36 Å². The van der Waals surface area contributed by atoms with E-state index in [1.165, 1.54) is 7.05 Å². The number of anilines is 3. The summed E-state index contributed by atoms with van der Waals surface area (Å²) in [7, 11) is 1.23. The number of nitrogens with one attached hydrogen (secondary N) is 1. The number of aromatic nitrogens is 4. The number of carboxylic acid groups (broad SMARTS) is 1. The van der Waals surface area contributed by atoms with E-state index in [4.69, 9.17) is 4.74 Å². The third kappa shape index (κ3) is 4.95. The van der Waals surface area contributed by atoms with Gasteiger partial charge in [0.15, 0.2) is 11.6 Å². The van der Waals surface area contributed by atoms with Crippen molar-refractivity contribution >= 4 is 34.3 Å².